The zero-order valence-corrected chi connectivity index (χ0v) is 16.6. The van der Waals surface area contributed by atoms with Crippen molar-refractivity contribution in [3.8, 4) is 0 Å². The monoisotopic (exact) mass is 348 g/mol. The number of fused-ring (bicyclic) bond motifs is 3. The van der Waals surface area contributed by atoms with Crippen molar-refractivity contribution < 1.29 is 14.6 Å². The Hall–Kier alpha value is -0.830. The molecule has 3 aliphatic carbocycles. The molecule has 0 aromatic rings. The SMILES string of the molecule is C=C[C@@]1(C)CC[C@@]2(C)[C@@H](CC[C@]3(O)[C@@H]2CCC[C@@]3(C)COC(C)=O)C1. The number of carbonyl (C=O) groups excluding carboxylic acids is 1. The van der Waals surface area contributed by atoms with Gasteiger partial charge in [0.15, 0.2) is 0 Å². The van der Waals surface area contributed by atoms with E-state index in [1.807, 2.05) is 0 Å². The Labute approximate surface area is 153 Å². The summed E-state index contributed by atoms with van der Waals surface area (Å²) in [7, 11) is 0. The van der Waals surface area contributed by atoms with Crippen molar-refractivity contribution in [2.24, 2.45) is 28.1 Å². The average Bonchev–Trinajstić information content (AvgIpc) is 2.56. The molecular formula is C22H36O3. The van der Waals surface area contributed by atoms with Crippen LogP contribution in [0.2, 0.25) is 0 Å². The van der Waals surface area contributed by atoms with Gasteiger partial charge in [0.25, 0.3) is 0 Å². The zero-order valence-electron chi connectivity index (χ0n) is 16.6. The molecule has 0 heterocycles. The molecule has 3 aliphatic rings. The van der Waals surface area contributed by atoms with Crippen LogP contribution in [0.1, 0.15) is 79.1 Å². The smallest absolute Gasteiger partial charge is 0.302 e. The number of ether oxygens (including phenoxy) is 1. The van der Waals surface area contributed by atoms with Crippen LogP contribution in [-0.4, -0.2) is 23.3 Å². The fraction of sp³-hybridized carbons (Fsp3) is 0.864. The molecule has 1 N–H and O–H groups in total. The lowest BCUT2D eigenvalue weighted by molar-refractivity contribution is -0.240. The van der Waals surface area contributed by atoms with E-state index in [-0.39, 0.29) is 22.2 Å². The lowest BCUT2D eigenvalue weighted by Crippen LogP contribution is -2.65. The normalized spacial score (nSPS) is 49.6. The van der Waals surface area contributed by atoms with Crippen LogP contribution >= 0.6 is 0 Å². The zero-order chi connectivity index (χ0) is 18.5. The summed E-state index contributed by atoms with van der Waals surface area (Å²) in [5, 5.41) is 11.9. The highest BCUT2D eigenvalue weighted by atomic mass is 16.5. The van der Waals surface area contributed by atoms with Crippen molar-refractivity contribution in [1.82, 2.24) is 0 Å². The van der Waals surface area contributed by atoms with Crippen molar-refractivity contribution in [1.29, 1.82) is 0 Å². The van der Waals surface area contributed by atoms with Gasteiger partial charge in [-0.25, -0.2) is 0 Å². The Morgan fingerprint density at radius 1 is 1.20 bits per heavy atom. The maximum atomic E-state index is 11.9. The summed E-state index contributed by atoms with van der Waals surface area (Å²) in [6.45, 7) is 12.8. The summed E-state index contributed by atoms with van der Waals surface area (Å²) in [4.78, 5) is 11.4. The predicted octanol–water partition coefficient (Wildman–Crippen LogP) is 4.88. The summed E-state index contributed by atoms with van der Waals surface area (Å²) in [6.07, 6.45) is 10.7. The molecule has 3 fully saturated rings. The fourth-order valence-corrected chi connectivity index (χ4v) is 6.51. The molecule has 0 unspecified atom stereocenters. The number of aliphatic hydroxyl groups is 1. The van der Waals surface area contributed by atoms with E-state index in [1.54, 1.807) is 0 Å². The summed E-state index contributed by atoms with van der Waals surface area (Å²) >= 11 is 0. The van der Waals surface area contributed by atoms with Crippen LogP contribution in [0.4, 0.5) is 0 Å². The summed E-state index contributed by atoms with van der Waals surface area (Å²) in [5.41, 5.74) is -0.606. The van der Waals surface area contributed by atoms with Crippen molar-refractivity contribution in [2.75, 3.05) is 6.61 Å². The van der Waals surface area contributed by atoms with Gasteiger partial charge in [0.1, 0.15) is 0 Å². The van der Waals surface area contributed by atoms with Gasteiger partial charge >= 0.3 is 5.97 Å². The standard InChI is InChI=1S/C22H36O3/c1-6-19(3)12-13-21(5)17(14-19)9-11-22(24)18(21)8-7-10-20(22,4)15-25-16(2)23/h6,17-18,24H,1,7-15H2,2-5H3/t17-,18+,19-,20-,21-,22-/m0/s1. The van der Waals surface area contributed by atoms with Crippen LogP contribution in [-0.2, 0) is 9.53 Å². The first-order chi connectivity index (χ1) is 11.6. The second kappa shape index (κ2) is 6.11. The number of allylic oxidation sites excluding steroid dienone is 1. The molecule has 0 bridgehead atoms. The Morgan fingerprint density at radius 3 is 2.56 bits per heavy atom. The third kappa shape index (κ3) is 2.87. The van der Waals surface area contributed by atoms with E-state index in [9.17, 15) is 9.90 Å². The highest BCUT2D eigenvalue weighted by Crippen LogP contribution is 2.66. The largest absolute Gasteiger partial charge is 0.465 e. The molecule has 25 heavy (non-hydrogen) atoms. The van der Waals surface area contributed by atoms with Gasteiger partial charge in [0, 0.05) is 12.3 Å². The first kappa shape index (κ1) is 18.9. The van der Waals surface area contributed by atoms with Crippen LogP contribution in [0.25, 0.3) is 0 Å². The Kier molecular flexibility index (Phi) is 4.63. The number of carbonyl (C=O) groups is 1. The first-order valence-electron chi connectivity index (χ1n) is 10.1. The molecule has 142 valence electrons. The summed E-state index contributed by atoms with van der Waals surface area (Å²) < 4.78 is 5.41. The molecule has 6 atom stereocenters. The minimum Gasteiger partial charge on any atom is -0.465 e. The Balaban J connectivity index is 1.89. The number of esters is 1. The maximum Gasteiger partial charge on any atom is 0.302 e. The van der Waals surface area contributed by atoms with Gasteiger partial charge in [-0.3, -0.25) is 4.79 Å². The van der Waals surface area contributed by atoms with Gasteiger partial charge in [-0.1, -0.05) is 33.3 Å². The van der Waals surface area contributed by atoms with Crippen LogP contribution in [0.15, 0.2) is 12.7 Å². The van der Waals surface area contributed by atoms with Gasteiger partial charge in [-0.05, 0) is 67.6 Å². The van der Waals surface area contributed by atoms with Crippen LogP contribution < -0.4 is 0 Å². The summed E-state index contributed by atoms with van der Waals surface area (Å²) in [5.74, 6) is 0.722. The molecule has 0 spiro atoms. The van der Waals surface area contributed by atoms with Gasteiger partial charge < -0.3 is 9.84 Å². The van der Waals surface area contributed by atoms with Crippen LogP contribution in [0, 0.1) is 28.1 Å². The average molecular weight is 349 g/mol. The lowest BCUT2D eigenvalue weighted by atomic mass is 9.42. The van der Waals surface area contributed by atoms with E-state index in [2.05, 4.69) is 33.4 Å². The Bertz CT molecular complexity index is 557. The van der Waals surface area contributed by atoms with Crippen LogP contribution in [0.3, 0.4) is 0 Å². The molecule has 0 radical (unpaired) electrons. The van der Waals surface area contributed by atoms with Gasteiger partial charge in [-0.2, -0.15) is 0 Å². The van der Waals surface area contributed by atoms with Crippen molar-refractivity contribution in [3.63, 3.8) is 0 Å². The molecule has 3 nitrogen and oxygen atoms in total. The van der Waals surface area contributed by atoms with Crippen molar-refractivity contribution in [3.05, 3.63) is 12.7 Å². The lowest BCUT2D eigenvalue weighted by Gasteiger charge is -2.65. The molecule has 0 amide bonds. The highest BCUT2D eigenvalue weighted by molar-refractivity contribution is 5.65. The molecule has 0 aromatic heterocycles. The maximum absolute atomic E-state index is 11.9. The van der Waals surface area contributed by atoms with Gasteiger partial charge in [0.2, 0.25) is 0 Å². The van der Waals surface area contributed by atoms with Crippen LogP contribution in [0.5, 0.6) is 0 Å². The summed E-state index contributed by atoms with van der Waals surface area (Å²) in [6, 6.07) is 0. The minimum atomic E-state index is -0.714. The van der Waals surface area contributed by atoms with E-state index >= 15 is 0 Å². The van der Waals surface area contributed by atoms with E-state index in [0.717, 1.165) is 44.9 Å². The molecular weight excluding hydrogens is 312 g/mol. The first-order valence-corrected chi connectivity index (χ1v) is 10.1. The number of hydrogen-bond donors (Lipinski definition) is 1. The minimum absolute atomic E-state index is 0.188. The van der Waals surface area contributed by atoms with E-state index in [0.29, 0.717) is 18.4 Å². The molecule has 3 saturated carbocycles. The topological polar surface area (TPSA) is 46.5 Å². The van der Waals surface area contributed by atoms with E-state index in [1.165, 1.54) is 13.3 Å². The van der Waals surface area contributed by atoms with Crippen molar-refractivity contribution >= 4 is 5.97 Å². The molecule has 3 heteroatoms. The molecule has 0 aromatic carbocycles. The quantitative estimate of drug-likeness (QED) is 0.584. The Morgan fingerprint density at radius 2 is 1.92 bits per heavy atom. The highest BCUT2D eigenvalue weighted by Gasteiger charge is 2.64. The number of rotatable bonds is 3. The van der Waals surface area contributed by atoms with Gasteiger partial charge in [0.05, 0.1) is 12.2 Å². The molecule has 0 saturated heterocycles. The second-order valence-electron chi connectivity index (χ2n) is 10.0. The predicted molar refractivity (Wildman–Crippen MR) is 100 cm³/mol. The van der Waals surface area contributed by atoms with E-state index < -0.39 is 5.60 Å². The van der Waals surface area contributed by atoms with Crippen molar-refractivity contribution in [2.45, 2.75) is 84.7 Å². The van der Waals surface area contributed by atoms with Gasteiger partial charge in [-0.15, -0.1) is 6.58 Å². The third-order valence-electron chi connectivity index (χ3n) is 8.48. The second-order valence-corrected chi connectivity index (χ2v) is 10.0. The molecule has 0 aliphatic heterocycles. The third-order valence-corrected chi connectivity index (χ3v) is 8.48. The molecule has 3 rings (SSSR count). The fourth-order valence-electron chi connectivity index (χ4n) is 6.51. The number of hydrogen-bond acceptors (Lipinski definition) is 3. The van der Waals surface area contributed by atoms with E-state index in [4.69, 9.17) is 4.74 Å².